The number of hydrogen-bond acceptors (Lipinski definition) is 6. The summed E-state index contributed by atoms with van der Waals surface area (Å²) >= 11 is 5.84. The van der Waals surface area contributed by atoms with Crippen molar-refractivity contribution in [2.75, 3.05) is 12.4 Å². The number of aromatic nitrogens is 4. The van der Waals surface area contributed by atoms with Crippen LogP contribution in [0, 0.1) is 5.82 Å². The summed E-state index contributed by atoms with van der Waals surface area (Å²) in [5.41, 5.74) is 4.40. The Morgan fingerprint density at radius 1 is 1.13 bits per heavy atom. The van der Waals surface area contributed by atoms with Gasteiger partial charge in [0.25, 0.3) is 0 Å². The second kappa shape index (κ2) is 9.01. The summed E-state index contributed by atoms with van der Waals surface area (Å²) in [6.07, 6.45) is 1.47. The Morgan fingerprint density at radius 3 is 2.65 bits per heavy atom. The van der Waals surface area contributed by atoms with Crippen LogP contribution in [0.4, 0.5) is 10.2 Å². The van der Waals surface area contributed by atoms with Gasteiger partial charge in [-0.15, -0.1) is 0 Å². The average Bonchev–Trinajstić information content (AvgIpc) is 3.22. The van der Waals surface area contributed by atoms with E-state index >= 15 is 0 Å². The van der Waals surface area contributed by atoms with E-state index in [-0.39, 0.29) is 5.02 Å². The molecule has 9 heteroatoms. The van der Waals surface area contributed by atoms with Gasteiger partial charge in [0.05, 0.1) is 17.8 Å². The maximum absolute atomic E-state index is 13.3. The summed E-state index contributed by atoms with van der Waals surface area (Å²) in [6.45, 7) is 5.06. The predicted molar refractivity (Wildman–Crippen MR) is 119 cm³/mol. The van der Waals surface area contributed by atoms with Gasteiger partial charge >= 0.3 is 0 Å². The van der Waals surface area contributed by atoms with Crippen LogP contribution in [0.2, 0.25) is 5.02 Å². The molecule has 0 fully saturated rings. The lowest BCUT2D eigenvalue weighted by Gasteiger charge is -2.10. The summed E-state index contributed by atoms with van der Waals surface area (Å²) in [7, 11) is 1.64. The number of anilines is 1. The van der Waals surface area contributed by atoms with Gasteiger partial charge in [0.2, 0.25) is 0 Å². The molecular weight excluding hydrogens is 419 g/mol. The van der Waals surface area contributed by atoms with Crippen molar-refractivity contribution >= 4 is 34.1 Å². The first-order chi connectivity index (χ1) is 15.0. The fraction of sp³-hybridized carbons (Fsp3) is 0.136. The van der Waals surface area contributed by atoms with Crippen molar-refractivity contribution in [1.82, 2.24) is 25.5 Å². The molecule has 0 radical (unpaired) electrons. The molecular formula is C22H20ClFN6O. The van der Waals surface area contributed by atoms with E-state index in [1.165, 1.54) is 12.4 Å². The molecule has 0 aliphatic heterocycles. The number of halogens is 2. The minimum absolute atomic E-state index is 0.0792. The van der Waals surface area contributed by atoms with Gasteiger partial charge in [-0.05, 0) is 35.4 Å². The summed E-state index contributed by atoms with van der Waals surface area (Å²) in [6, 6.07) is 12.3. The zero-order valence-corrected chi connectivity index (χ0v) is 17.5. The maximum atomic E-state index is 13.3. The largest absolute Gasteiger partial charge is 0.497 e. The molecule has 4 aromatic rings. The smallest absolute Gasteiger partial charge is 0.174 e. The Hall–Kier alpha value is -3.65. The van der Waals surface area contributed by atoms with Gasteiger partial charge in [-0.2, -0.15) is 5.10 Å². The number of H-pyrrole nitrogens is 1. The topological polar surface area (TPSA) is 87.8 Å². The van der Waals surface area contributed by atoms with Gasteiger partial charge in [-0.25, -0.2) is 14.4 Å². The Bertz CT molecular complexity index is 1220. The summed E-state index contributed by atoms with van der Waals surface area (Å²) in [4.78, 5) is 8.68. The lowest BCUT2D eigenvalue weighted by molar-refractivity contribution is 0.414. The molecule has 31 heavy (non-hydrogen) atoms. The Labute approximate surface area is 183 Å². The fourth-order valence-electron chi connectivity index (χ4n) is 3.06. The number of benzene rings is 2. The summed E-state index contributed by atoms with van der Waals surface area (Å²) in [5.74, 6) is 0.974. The van der Waals surface area contributed by atoms with Crippen molar-refractivity contribution in [3.63, 3.8) is 0 Å². The van der Waals surface area contributed by atoms with Gasteiger partial charge in [0.1, 0.15) is 34.6 Å². The average molecular weight is 439 g/mol. The van der Waals surface area contributed by atoms with Crippen LogP contribution in [0.3, 0.4) is 0 Å². The summed E-state index contributed by atoms with van der Waals surface area (Å²) in [5, 5.41) is 13.9. The zero-order chi connectivity index (χ0) is 21.8. The van der Waals surface area contributed by atoms with Crippen molar-refractivity contribution in [3.05, 3.63) is 83.0 Å². The van der Waals surface area contributed by atoms with Gasteiger partial charge in [0, 0.05) is 13.1 Å². The number of rotatable bonds is 8. The molecule has 158 valence electrons. The zero-order valence-electron chi connectivity index (χ0n) is 16.7. The van der Waals surface area contributed by atoms with E-state index in [0.717, 1.165) is 16.9 Å². The number of hydrogen-bond donors (Lipinski definition) is 3. The third-order valence-electron chi connectivity index (χ3n) is 4.75. The quantitative estimate of drug-likeness (QED) is 0.374. The molecule has 0 bridgehead atoms. The third kappa shape index (κ3) is 4.59. The molecule has 0 unspecified atom stereocenters. The number of nitrogens with zero attached hydrogens (tertiary/aromatic N) is 3. The number of methoxy groups -OCH3 is 1. The van der Waals surface area contributed by atoms with Crippen LogP contribution in [-0.2, 0) is 13.1 Å². The SMILES string of the molecule is C=C(NCc1ccc(F)c(Cl)c1)c1ncnc2c(NCc3ccc(OC)cc3)n[nH]c12. The van der Waals surface area contributed by atoms with E-state index < -0.39 is 5.82 Å². The Morgan fingerprint density at radius 2 is 1.90 bits per heavy atom. The first-order valence-electron chi connectivity index (χ1n) is 9.48. The standard InChI is InChI=1S/C22H20ClFN6O/c1-13(25-11-15-5-8-18(24)17(23)9-15)19-20-21(28-12-27-19)22(30-29-20)26-10-14-3-6-16(31-2)7-4-14/h3-9,12,25H,1,10-11H2,2H3,(H2,26,29,30). The van der Waals surface area contributed by atoms with Crippen LogP contribution in [0.5, 0.6) is 5.75 Å². The van der Waals surface area contributed by atoms with Crippen molar-refractivity contribution in [2.45, 2.75) is 13.1 Å². The minimum atomic E-state index is -0.450. The van der Waals surface area contributed by atoms with Crippen molar-refractivity contribution < 1.29 is 9.13 Å². The minimum Gasteiger partial charge on any atom is -0.497 e. The highest BCUT2D eigenvalue weighted by molar-refractivity contribution is 6.30. The molecule has 0 aliphatic rings. The molecule has 0 amide bonds. The van der Waals surface area contributed by atoms with Gasteiger partial charge in [0.15, 0.2) is 5.82 Å². The second-order valence-electron chi connectivity index (χ2n) is 6.80. The van der Waals surface area contributed by atoms with E-state index in [9.17, 15) is 4.39 Å². The molecule has 0 saturated carbocycles. The molecule has 2 aromatic carbocycles. The van der Waals surface area contributed by atoms with E-state index in [4.69, 9.17) is 16.3 Å². The lowest BCUT2D eigenvalue weighted by Crippen LogP contribution is -2.12. The Kier molecular flexibility index (Phi) is 5.99. The molecule has 0 aliphatic carbocycles. The molecule has 4 rings (SSSR count). The normalized spacial score (nSPS) is 10.8. The van der Waals surface area contributed by atoms with E-state index in [1.54, 1.807) is 19.2 Å². The van der Waals surface area contributed by atoms with Crippen LogP contribution < -0.4 is 15.4 Å². The monoisotopic (exact) mass is 438 g/mol. The van der Waals surface area contributed by atoms with Crippen molar-refractivity contribution in [2.24, 2.45) is 0 Å². The van der Waals surface area contributed by atoms with Crippen LogP contribution in [-0.4, -0.2) is 27.3 Å². The van der Waals surface area contributed by atoms with E-state index in [0.29, 0.717) is 41.3 Å². The molecule has 0 atom stereocenters. The second-order valence-corrected chi connectivity index (χ2v) is 7.21. The maximum Gasteiger partial charge on any atom is 0.174 e. The van der Waals surface area contributed by atoms with Crippen LogP contribution in [0.25, 0.3) is 16.7 Å². The van der Waals surface area contributed by atoms with E-state index in [2.05, 4.69) is 37.4 Å². The van der Waals surface area contributed by atoms with Gasteiger partial charge < -0.3 is 15.4 Å². The van der Waals surface area contributed by atoms with Crippen LogP contribution in [0.15, 0.2) is 55.4 Å². The fourth-order valence-corrected chi connectivity index (χ4v) is 3.26. The third-order valence-corrected chi connectivity index (χ3v) is 5.04. The number of fused-ring (bicyclic) bond motifs is 1. The molecule has 3 N–H and O–H groups in total. The first kappa shape index (κ1) is 20.6. The number of ether oxygens (including phenoxy) is 1. The molecule has 2 aromatic heterocycles. The van der Waals surface area contributed by atoms with Gasteiger partial charge in [-0.1, -0.05) is 36.4 Å². The van der Waals surface area contributed by atoms with Gasteiger partial charge in [-0.3, -0.25) is 5.10 Å². The number of nitrogens with one attached hydrogen (secondary N) is 3. The molecule has 7 nitrogen and oxygen atoms in total. The van der Waals surface area contributed by atoms with Crippen LogP contribution in [0.1, 0.15) is 16.8 Å². The van der Waals surface area contributed by atoms with Crippen molar-refractivity contribution in [3.8, 4) is 5.75 Å². The highest BCUT2D eigenvalue weighted by Crippen LogP contribution is 2.24. The number of aromatic amines is 1. The van der Waals surface area contributed by atoms with Crippen LogP contribution >= 0.6 is 11.6 Å². The molecule has 2 heterocycles. The summed E-state index contributed by atoms with van der Waals surface area (Å²) < 4.78 is 18.5. The highest BCUT2D eigenvalue weighted by atomic mass is 35.5. The highest BCUT2D eigenvalue weighted by Gasteiger charge is 2.14. The first-order valence-corrected chi connectivity index (χ1v) is 9.86. The van der Waals surface area contributed by atoms with E-state index in [1.807, 2.05) is 24.3 Å². The molecule has 0 saturated heterocycles. The predicted octanol–water partition coefficient (Wildman–Crippen LogP) is 4.53. The lowest BCUT2D eigenvalue weighted by atomic mass is 10.2. The molecule has 0 spiro atoms. The van der Waals surface area contributed by atoms with Crippen molar-refractivity contribution in [1.29, 1.82) is 0 Å². The Balaban J connectivity index is 1.46.